The molecular weight excluding hydrogens is 470 g/mol. The van der Waals surface area contributed by atoms with Crippen LogP contribution in [0.4, 0.5) is 0 Å². The fraction of sp³-hybridized carbons (Fsp3) is 0.286. The summed E-state index contributed by atoms with van der Waals surface area (Å²) in [4.78, 5) is 4.80. The van der Waals surface area contributed by atoms with Crippen molar-refractivity contribution in [2.45, 2.75) is 55.0 Å². The highest BCUT2D eigenvalue weighted by Gasteiger charge is 2.26. The summed E-state index contributed by atoms with van der Waals surface area (Å²) in [6.07, 6.45) is 7.65. The summed E-state index contributed by atoms with van der Waals surface area (Å²) in [5, 5.41) is 14.3. The van der Waals surface area contributed by atoms with Gasteiger partial charge >= 0.3 is 0 Å². The van der Waals surface area contributed by atoms with Crippen molar-refractivity contribution in [1.29, 1.82) is 0 Å². The molecule has 1 fully saturated rings. The van der Waals surface area contributed by atoms with Crippen molar-refractivity contribution in [3.63, 3.8) is 0 Å². The molecule has 36 heavy (non-hydrogen) atoms. The van der Waals surface area contributed by atoms with Gasteiger partial charge in [0.25, 0.3) is 0 Å². The summed E-state index contributed by atoms with van der Waals surface area (Å²) in [7, 11) is 0. The van der Waals surface area contributed by atoms with Crippen LogP contribution in [0.3, 0.4) is 0 Å². The summed E-state index contributed by atoms with van der Waals surface area (Å²) in [6, 6.07) is 24.8. The van der Waals surface area contributed by atoms with Crippen molar-refractivity contribution in [1.82, 2.24) is 24.9 Å². The molecule has 0 aliphatic heterocycles. The second-order valence-electron chi connectivity index (χ2n) is 9.03. The van der Waals surface area contributed by atoms with Crippen LogP contribution >= 0.6 is 11.8 Å². The monoisotopic (exact) mass is 497 g/mol. The van der Waals surface area contributed by atoms with E-state index in [1.807, 2.05) is 48.5 Å². The van der Waals surface area contributed by atoms with Crippen molar-refractivity contribution in [3.8, 4) is 11.6 Å². The van der Waals surface area contributed by atoms with Gasteiger partial charge in [-0.1, -0.05) is 96.8 Å². The van der Waals surface area contributed by atoms with Crippen molar-refractivity contribution >= 4 is 11.8 Å². The highest BCUT2D eigenvalue weighted by Crippen LogP contribution is 2.37. The van der Waals surface area contributed by atoms with Crippen LogP contribution in [0.1, 0.15) is 66.9 Å². The standard InChI is InChI=1S/C28H27N5O2S/c1-4-11-20(12-5-1)25(21-13-6-2-7-14-21)26-29-24(35-32-26)19-36-28-31-30-27(23-17-10-18-34-23)33(28)22-15-8-3-9-16-22/h1-2,4-7,10-14,17-18,22,25H,3,8-9,15-16,19H2. The summed E-state index contributed by atoms with van der Waals surface area (Å²) >= 11 is 1.58. The lowest BCUT2D eigenvalue weighted by molar-refractivity contribution is 0.337. The maximum Gasteiger partial charge on any atom is 0.237 e. The van der Waals surface area contributed by atoms with Crippen LogP contribution in [0.5, 0.6) is 0 Å². The van der Waals surface area contributed by atoms with Gasteiger partial charge in [0.2, 0.25) is 11.7 Å². The highest BCUT2D eigenvalue weighted by molar-refractivity contribution is 7.98. The third kappa shape index (κ3) is 4.73. The van der Waals surface area contributed by atoms with Gasteiger partial charge in [-0.05, 0) is 36.1 Å². The molecule has 182 valence electrons. The fourth-order valence-electron chi connectivity index (χ4n) is 4.97. The van der Waals surface area contributed by atoms with Crippen LogP contribution < -0.4 is 0 Å². The predicted molar refractivity (Wildman–Crippen MR) is 138 cm³/mol. The first kappa shape index (κ1) is 22.8. The van der Waals surface area contributed by atoms with Crippen molar-refractivity contribution in [2.24, 2.45) is 0 Å². The van der Waals surface area contributed by atoms with E-state index >= 15 is 0 Å². The molecule has 1 aliphatic rings. The van der Waals surface area contributed by atoms with Gasteiger partial charge in [0.15, 0.2) is 16.7 Å². The summed E-state index contributed by atoms with van der Waals surface area (Å²) in [5.41, 5.74) is 2.26. The third-order valence-corrected chi connectivity index (χ3v) is 7.61. The van der Waals surface area contributed by atoms with E-state index in [9.17, 15) is 0 Å². The molecule has 2 aromatic carbocycles. The van der Waals surface area contributed by atoms with Crippen molar-refractivity contribution in [3.05, 3.63) is 102 Å². The zero-order valence-corrected chi connectivity index (χ0v) is 20.7. The number of furan rings is 1. The first-order chi connectivity index (χ1) is 17.9. The largest absolute Gasteiger partial charge is 0.461 e. The molecule has 0 radical (unpaired) electrons. The van der Waals surface area contributed by atoms with E-state index in [1.54, 1.807) is 18.0 Å². The second kappa shape index (κ2) is 10.5. The maximum atomic E-state index is 5.72. The third-order valence-electron chi connectivity index (χ3n) is 6.68. The molecule has 3 heterocycles. The Balaban J connectivity index is 1.26. The van der Waals surface area contributed by atoms with E-state index < -0.39 is 0 Å². The molecule has 3 aromatic heterocycles. The molecule has 1 saturated carbocycles. The number of nitrogens with zero attached hydrogens (tertiary/aromatic N) is 5. The van der Waals surface area contributed by atoms with Gasteiger partial charge < -0.3 is 8.94 Å². The maximum absolute atomic E-state index is 5.72. The molecule has 0 bridgehead atoms. The van der Waals surface area contributed by atoms with Gasteiger partial charge in [0, 0.05) is 6.04 Å². The Morgan fingerprint density at radius 2 is 1.58 bits per heavy atom. The van der Waals surface area contributed by atoms with E-state index in [4.69, 9.17) is 13.9 Å². The fourth-order valence-corrected chi connectivity index (χ4v) is 5.81. The van der Waals surface area contributed by atoms with E-state index in [1.165, 1.54) is 19.3 Å². The molecule has 6 rings (SSSR count). The molecular formula is C28H27N5O2S. The van der Waals surface area contributed by atoms with Crippen LogP contribution in [0.2, 0.25) is 0 Å². The number of thioether (sulfide) groups is 1. The van der Waals surface area contributed by atoms with Crippen molar-refractivity contribution in [2.75, 3.05) is 0 Å². The number of benzene rings is 2. The Kier molecular flexibility index (Phi) is 6.67. The Morgan fingerprint density at radius 1 is 0.861 bits per heavy atom. The number of hydrogen-bond donors (Lipinski definition) is 0. The highest BCUT2D eigenvalue weighted by atomic mass is 32.2. The van der Waals surface area contributed by atoms with Crippen LogP contribution in [0, 0.1) is 0 Å². The lowest BCUT2D eigenvalue weighted by Crippen LogP contribution is -2.15. The molecule has 0 amide bonds. The summed E-state index contributed by atoms with van der Waals surface area (Å²) in [5.74, 6) is 3.19. The minimum absolute atomic E-state index is 0.0913. The smallest absolute Gasteiger partial charge is 0.237 e. The van der Waals surface area contributed by atoms with E-state index in [0.29, 0.717) is 23.5 Å². The van der Waals surface area contributed by atoms with Gasteiger partial charge in [-0.15, -0.1) is 10.2 Å². The van der Waals surface area contributed by atoms with Gasteiger partial charge in [-0.2, -0.15) is 4.98 Å². The van der Waals surface area contributed by atoms with Crippen LogP contribution in [-0.4, -0.2) is 24.9 Å². The SMILES string of the molecule is c1ccc(C(c2ccccc2)c2noc(CSc3nnc(-c4ccco4)n3C3CCCCC3)n2)cc1. The Bertz CT molecular complexity index is 1340. The lowest BCUT2D eigenvalue weighted by Gasteiger charge is -2.25. The Hall–Kier alpha value is -3.65. The number of rotatable bonds is 8. The molecule has 5 aromatic rings. The van der Waals surface area contributed by atoms with Crippen LogP contribution in [0.25, 0.3) is 11.6 Å². The van der Waals surface area contributed by atoms with E-state index in [-0.39, 0.29) is 5.92 Å². The predicted octanol–water partition coefficient (Wildman–Crippen LogP) is 6.90. The average Bonchev–Trinajstić information content (AvgIpc) is 3.71. The Morgan fingerprint density at radius 3 is 2.25 bits per heavy atom. The zero-order chi connectivity index (χ0) is 24.2. The first-order valence-corrected chi connectivity index (χ1v) is 13.4. The van der Waals surface area contributed by atoms with Gasteiger partial charge in [0.1, 0.15) is 0 Å². The molecule has 0 spiro atoms. The molecule has 1 aliphatic carbocycles. The normalized spacial score (nSPS) is 14.5. The summed E-state index contributed by atoms with van der Waals surface area (Å²) in [6.45, 7) is 0. The summed E-state index contributed by atoms with van der Waals surface area (Å²) < 4.78 is 13.6. The Labute approximate surface area is 214 Å². The van der Waals surface area contributed by atoms with Crippen LogP contribution in [0.15, 0.2) is 93.2 Å². The quantitative estimate of drug-likeness (QED) is 0.216. The van der Waals surface area contributed by atoms with E-state index in [2.05, 4.69) is 44.2 Å². The molecule has 0 N–H and O–H groups in total. The lowest BCUT2D eigenvalue weighted by atomic mass is 9.91. The van der Waals surface area contributed by atoms with Crippen LogP contribution in [-0.2, 0) is 5.75 Å². The number of aromatic nitrogens is 5. The zero-order valence-electron chi connectivity index (χ0n) is 19.9. The molecule has 0 saturated heterocycles. The molecule has 0 atom stereocenters. The average molecular weight is 498 g/mol. The molecule has 0 unspecified atom stereocenters. The second-order valence-corrected chi connectivity index (χ2v) is 9.98. The first-order valence-electron chi connectivity index (χ1n) is 12.4. The minimum Gasteiger partial charge on any atom is -0.461 e. The van der Waals surface area contributed by atoms with Crippen molar-refractivity contribution < 1.29 is 8.94 Å². The van der Waals surface area contributed by atoms with E-state index in [0.717, 1.165) is 40.7 Å². The molecule has 8 heteroatoms. The van der Waals surface area contributed by atoms with Gasteiger partial charge in [0.05, 0.1) is 17.9 Å². The molecule has 7 nitrogen and oxygen atoms in total. The topological polar surface area (TPSA) is 82.8 Å². The van der Waals surface area contributed by atoms with Gasteiger partial charge in [-0.3, -0.25) is 4.57 Å². The van der Waals surface area contributed by atoms with Gasteiger partial charge in [-0.25, -0.2) is 0 Å². The minimum atomic E-state index is -0.0913. The number of hydrogen-bond acceptors (Lipinski definition) is 7.